The van der Waals surface area contributed by atoms with Crippen LogP contribution >= 0.6 is 31.9 Å². The maximum atomic E-state index is 13.7. The molecular formula is C11H13Br2FN2. The maximum Gasteiger partial charge on any atom is 0.166 e. The first-order valence-electron chi connectivity index (χ1n) is 5.28. The van der Waals surface area contributed by atoms with Crippen molar-refractivity contribution in [1.82, 2.24) is 4.98 Å². The van der Waals surface area contributed by atoms with E-state index in [1.165, 1.54) is 6.07 Å². The highest BCUT2D eigenvalue weighted by Crippen LogP contribution is 2.28. The van der Waals surface area contributed by atoms with Crippen molar-refractivity contribution in [3.05, 3.63) is 22.6 Å². The summed E-state index contributed by atoms with van der Waals surface area (Å²) in [5, 5.41) is 0. The van der Waals surface area contributed by atoms with E-state index in [0.29, 0.717) is 21.0 Å². The van der Waals surface area contributed by atoms with Crippen molar-refractivity contribution in [3.63, 3.8) is 0 Å². The van der Waals surface area contributed by atoms with E-state index in [0.717, 1.165) is 19.5 Å². The van der Waals surface area contributed by atoms with Gasteiger partial charge in [0.05, 0.1) is 0 Å². The molecule has 1 aromatic rings. The molecule has 2 nitrogen and oxygen atoms in total. The molecule has 0 aliphatic carbocycles. The van der Waals surface area contributed by atoms with E-state index < -0.39 is 0 Å². The van der Waals surface area contributed by atoms with Crippen LogP contribution in [0.4, 0.5) is 10.2 Å². The van der Waals surface area contributed by atoms with E-state index in [9.17, 15) is 4.39 Å². The lowest BCUT2D eigenvalue weighted by atomic mass is 9.99. The Kier molecular flexibility index (Phi) is 3.85. The molecule has 1 aliphatic rings. The number of aromatic nitrogens is 1. The molecule has 2 unspecified atom stereocenters. The Labute approximate surface area is 111 Å². The highest BCUT2D eigenvalue weighted by molar-refractivity contribution is 9.10. The van der Waals surface area contributed by atoms with Gasteiger partial charge < -0.3 is 4.90 Å². The minimum Gasteiger partial charge on any atom is -0.353 e. The van der Waals surface area contributed by atoms with Crippen LogP contribution in [0.3, 0.4) is 0 Å². The Balaban J connectivity index is 2.18. The largest absolute Gasteiger partial charge is 0.353 e. The summed E-state index contributed by atoms with van der Waals surface area (Å²) in [5.41, 5.74) is 0. The molecule has 0 saturated carbocycles. The van der Waals surface area contributed by atoms with Crippen LogP contribution in [0, 0.1) is 11.7 Å². The Morgan fingerprint density at radius 3 is 2.94 bits per heavy atom. The lowest BCUT2D eigenvalue weighted by molar-refractivity contribution is 0.449. The monoisotopic (exact) mass is 350 g/mol. The zero-order valence-corrected chi connectivity index (χ0v) is 12.1. The number of alkyl halides is 1. The number of hydrogen-bond acceptors (Lipinski definition) is 2. The quantitative estimate of drug-likeness (QED) is 0.719. The van der Waals surface area contributed by atoms with Crippen LogP contribution in [0.1, 0.15) is 13.3 Å². The van der Waals surface area contributed by atoms with Gasteiger partial charge in [0.25, 0.3) is 0 Å². The second-order valence-electron chi connectivity index (χ2n) is 4.19. The molecule has 1 aliphatic heterocycles. The van der Waals surface area contributed by atoms with Gasteiger partial charge in [0, 0.05) is 28.6 Å². The summed E-state index contributed by atoms with van der Waals surface area (Å²) >= 11 is 6.84. The number of anilines is 1. The van der Waals surface area contributed by atoms with Gasteiger partial charge in [-0.3, -0.25) is 0 Å². The van der Waals surface area contributed by atoms with Crippen LogP contribution in [0.5, 0.6) is 0 Å². The first kappa shape index (κ1) is 12.3. The molecule has 2 atom stereocenters. The molecule has 5 heteroatoms. The molecule has 0 N–H and O–H groups in total. The molecule has 88 valence electrons. The fourth-order valence-electron chi connectivity index (χ4n) is 1.85. The van der Waals surface area contributed by atoms with Crippen molar-refractivity contribution in [1.29, 1.82) is 0 Å². The average Bonchev–Trinajstić information content (AvgIpc) is 2.22. The number of pyridine rings is 1. The van der Waals surface area contributed by atoms with Crippen molar-refractivity contribution in [3.8, 4) is 0 Å². The van der Waals surface area contributed by atoms with Crippen LogP contribution in [0.25, 0.3) is 0 Å². The first-order chi connectivity index (χ1) is 7.58. The third-order valence-corrected chi connectivity index (χ3v) is 4.58. The molecule has 2 heterocycles. The van der Waals surface area contributed by atoms with Crippen LogP contribution < -0.4 is 4.90 Å². The van der Waals surface area contributed by atoms with E-state index in [1.54, 1.807) is 6.20 Å². The van der Waals surface area contributed by atoms with Crippen LogP contribution in [0.15, 0.2) is 16.7 Å². The normalized spacial score (nSPS) is 25.9. The van der Waals surface area contributed by atoms with Gasteiger partial charge in [-0.15, -0.1) is 0 Å². The zero-order valence-electron chi connectivity index (χ0n) is 8.96. The van der Waals surface area contributed by atoms with Crippen LogP contribution in [-0.2, 0) is 0 Å². The Morgan fingerprint density at radius 1 is 1.56 bits per heavy atom. The molecule has 1 saturated heterocycles. The smallest absolute Gasteiger partial charge is 0.166 e. The van der Waals surface area contributed by atoms with Crippen molar-refractivity contribution in [2.24, 2.45) is 5.92 Å². The summed E-state index contributed by atoms with van der Waals surface area (Å²) in [6, 6.07) is 1.46. The lowest BCUT2D eigenvalue weighted by Gasteiger charge is -2.35. The summed E-state index contributed by atoms with van der Waals surface area (Å²) in [4.78, 5) is 6.55. The Bertz CT molecular complexity index is 386. The molecule has 2 rings (SSSR count). The topological polar surface area (TPSA) is 16.1 Å². The molecule has 0 bridgehead atoms. The Morgan fingerprint density at radius 2 is 2.31 bits per heavy atom. The minimum atomic E-state index is -0.261. The number of nitrogens with zero attached hydrogens (tertiary/aromatic N) is 2. The number of halogens is 3. The van der Waals surface area contributed by atoms with E-state index in [2.05, 4.69) is 43.8 Å². The number of rotatable bonds is 1. The van der Waals surface area contributed by atoms with Gasteiger partial charge >= 0.3 is 0 Å². The minimum absolute atomic E-state index is 0.261. The zero-order chi connectivity index (χ0) is 11.7. The van der Waals surface area contributed by atoms with E-state index in [4.69, 9.17) is 0 Å². The van der Waals surface area contributed by atoms with Gasteiger partial charge in [0.15, 0.2) is 11.6 Å². The summed E-state index contributed by atoms with van der Waals surface area (Å²) in [5.74, 6) is 0.831. The summed E-state index contributed by atoms with van der Waals surface area (Å²) < 4.78 is 14.4. The van der Waals surface area contributed by atoms with Gasteiger partial charge in [0.1, 0.15) is 0 Å². The number of hydrogen-bond donors (Lipinski definition) is 0. The summed E-state index contributed by atoms with van der Waals surface area (Å²) in [7, 11) is 0. The number of piperidine rings is 1. The standard InChI is InChI=1S/C11H13Br2FN2/c1-7-2-3-16(6-9(7)13)11-10(14)4-8(12)5-15-11/h4-5,7,9H,2-3,6H2,1H3. The molecule has 16 heavy (non-hydrogen) atoms. The summed E-state index contributed by atoms with van der Waals surface area (Å²) in [6.07, 6.45) is 2.70. The SMILES string of the molecule is CC1CCN(c2ncc(Br)cc2F)CC1Br. The molecule has 0 aromatic carbocycles. The third kappa shape index (κ3) is 2.56. The molecule has 0 amide bonds. The molecule has 1 fully saturated rings. The van der Waals surface area contributed by atoms with Crippen molar-refractivity contribution in [2.45, 2.75) is 18.2 Å². The van der Waals surface area contributed by atoms with Crippen LogP contribution in [0.2, 0.25) is 0 Å². The van der Waals surface area contributed by atoms with E-state index in [-0.39, 0.29) is 5.82 Å². The predicted molar refractivity (Wildman–Crippen MR) is 70.6 cm³/mol. The van der Waals surface area contributed by atoms with Crippen molar-refractivity contribution < 1.29 is 4.39 Å². The molecular weight excluding hydrogens is 339 g/mol. The summed E-state index contributed by atoms with van der Waals surface area (Å²) in [6.45, 7) is 3.89. The predicted octanol–water partition coefficient (Wildman–Crippen LogP) is 3.59. The van der Waals surface area contributed by atoms with E-state index >= 15 is 0 Å². The van der Waals surface area contributed by atoms with Crippen LogP contribution in [-0.4, -0.2) is 22.9 Å². The molecule has 0 radical (unpaired) electrons. The fraction of sp³-hybridized carbons (Fsp3) is 0.545. The van der Waals surface area contributed by atoms with Gasteiger partial charge in [-0.2, -0.15) is 0 Å². The maximum absolute atomic E-state index is 13.7. The molecule has 1 aromatic heterocycles. The van der Waals surface area contributed by atoms with Crippen molar-refractivity contribution >= 4 is 37.7 Å². The molecule has 0 spiro atoms. The first-order valence-corrected chi connectivity index (χ1v) is 6.99. The average molecular weight is 352 g/mol. The third-order valence-electron chi connectivity index (χ3n) is 2.95. The second kappa shape index (κ2) is 5.00. The Hall–Kier alpha value is -0.160. The van der Waals surface area contributed by atoms with E-state index in [1.807, 2.05) is 4.90 Å². The lowest BCUT2D eigenvalue weighted by Crippen LogP contribution is -2.41. The van der Waals surface area contributed by atoms with Crippen molar-refractivity contribution in [2.75, 3.05) is 18.0 Å². The van der Waals surface area contributed by atoms with Gasteiger partial charge in [-0.05, 0) is 34.3 Å². The fourth-order valence-corrected chi connectivity index (χ4v) is 2.77. The second-order valence-corrected chi connectivity index (χ2v) is 6.28. The van der Waals surface area contributed by atoms with Gasteiger partial charge in [-0.1, -0.05) is 22.9 Å². The highest BCUT2D eigenvalue weighted by atomic mass is 79.9. The van der Waals surface area contributed by atoms with Gasteiger partial charge in [0.2, 0.25) is 0 Å². The van der Waals surface area contributed by atoms with Gasteiger partial charge in [-0.25, -0.2) is 9.37 Å². The highest BCUT2D eigenvalue weighted by Gasteiger charge is 2.26.